The first-order chi connectivity index (χ1) is 12.6. The minimum Gasteiger partial charge on any atom is -0.372 e. The number of rotatable bonds is 3. The lowest BCUT2D eigenvalue weighted by molar-refractivity contribution is -0.141. The topological polar surface area (TPSA) is 58.6 Å². The average Bonchev–Trinajstić information content (AvgIpc) is 3.16. The molecule has 2 aromatic heterocycles. The molecule has 2 aliphatic heterocycles. The van der Waals surface area contributed by atoms with E-state index in [2.05, 4.69) is 26.3 Å². The van der Waals surface area contributed by atoms with E-state index in [1.165, 1.54) is 10.4 Å². The van der Waals surface area contributed by atoms with Gasteiger partial charge in [0.15, 0.2) is 0 Å². The van der Waals surface area contributed by atoms with Gasteiger partial charge in [-0.05, 0) is 23.9 Å². The minimum absolute atomic E-state index is 0.113. The molecule has 1 saturated heterocycles. The lowest BCUT2D eigenvalue weighted by Crippen LogP contribution is -2.51. The number of hydrogen-bond donors (Lipinski definition) is 0. The summed E-state index contributed by atoms with van der Waals surface area (Å²) in [5, 5.41) is 2.10. The van der Waals surface area contributed by atoms with Crippen molar-refractivity contribution in [1.29, 1.82) is 0 Å². The van der Waals surface area contributed by atoms with E-state index < -0.39 is 0 Å². The molecule has 1 amide bonds. The zero-order valence-corrected chi connectivity index (χ0v) is 16.0. The Morgan fingerprint density at radius 1 is 1.27 bits per heavy atom. The van der Waals surface area contributed by atoms with Gasteiger partial charge in [-0.2, -0.15) is 0 Å². The quantitative estimate of drug-likeness (QED) is 0.828. The predicted molar refractivity (Wildman–Crippen MR) is 101 cm³/mol. The van der Waals surface area contributed by atoms with Crippen molar-refractivity contribution in [2.45, 2.75) is 26.4 Å². The molecule has 138 valence electrons. The van der Waals surface area contributed by atoms with Crippen molar-refractivity contribution in [2.75, 3.05) is 37.7 Å². The van der Waals surface area contributed by atoms with Gasteiger partial charge in [-0.25, -0.2) is 4.98 Å². The van der Waals surface area contributed by atoms with E-state index in [9.17, 15) is 4.79 Å². The molecule has 4 heterocycles. The number of carbonyl (C=O) groups is 1. The summed E-state index contributed by atoms with van der Waals surface area (Å²) in [6, 6.07) is 2.11. The van der Waals surface area contributed by atoms with E-state index in [1.807, 2.05) is 18.7 Å². The second-order valence-electron chi connectivity index (χ2n) is 6.91. The van der Waals surface area contributed by atoms with Gasteiger partial charge in [-0.1, -0.05) is 6.92 Å². The fraction of sp³-hybridized carbons (Fsp3) is 0.526. The smallest absolute Gasteiger partial charge is 0.228 e. The van der Waals surface area contributed by atoms with Crippen molar-refractivity contribution in [3.05, 3.63) is 40.0 Å². The number of carbonyl (C=O) groups excluding carboxylic acids is 1. The number of ether oxygens (including phenoxy) is 1. The van der Waals surface area contributed by atoms with E-state index in [0.29, 0.717) is 19.7 Å². The Labute approximate surface area is 157 Å². The number of hydrogen-bond acceptors (Lipinski definition) is 6. The van der Waals surface area contributed by atoms with Crippen molar-refractivity contribution >= 4 is 23.1 Å². The van der Waals surface area contributed by atoms with Crippen LogP contribution >= 0.6 is 11.3 Å². The zero-order chi connectivity index (χ0) is 18.1. The maximum atomic E-state index is 13.0. The summed E-state index contributed by atoms with van der Waals surface area (Å²) in [5.41, 5.74) is 2.14. The third-order valence-corrected chi connectivity index (χ3v) is 6.30. The number of aromatic nitrogens is 2. The van der Waals surface area contributed by atoms with Crippen LogP contribution in [0.3, 0.4) is 0 Å². The second-order valence-corrected chi connectivity index (χ2v) is 7.91. The molecule has 0 saturated carbocycles. The van der Waals surface area contributed by atoms with Crippen LogP contribution in [0.4, 0.5) is 5.82 Å². The first-order valence-electron chi connectivity index (χ1n) is 9.14. The number of amides is 1. The van der Waals surface area contributed by atoms with Crippen LogP contribution in [0.5, 0.6) is 0 Å². The van der Waals surface area contributed by atoms with Crippen molar-refractivity contribution < 1.29 is 9.53 Å². The molecule has 0 aliphatic carbocycles. The first kappa shape index (κ1) is 17.4. The van der Waals surface area contributed by atoms with Crippen LogP contribution in [0.15, 0.2) is 23.8 Å². The highest BCUT2D eigenvalue weighted by atomic mass is 32.1. The molecule has 1 fully saturated rings. The van der Waals surface area contributed by atoms with Gasteiger partial charge in [0.1, 0.15) is 5.82 Å². The Bertz CT molecular complexity index is 785. The predicted octanol–water partition coefficient (Wildman–Crippen LogP) is 2.45. The van der Waals surface area contributed by atoms with Gasteiger partial charge >= 0.3 is 0 Å². The molecule has 7 heteroatoms. The summed E-state index contributed by atoms with van der Waals surface area (Å²) < 4.78 is 5.97. The van der Waals surface area contributed by atoms with Crippen molar-refractivity contribution in [3.63, 3.8) is 0 Å². The van der Waals surface area contributed by atoms with Crippen molar-refractivity contribution in [3.8, 4) is 0 Å². The Balaban J connectivity index is 1.40. The fourth-order valence-electron chi connectivity index (χ4n) is 3.86. The molecule has 26 heavy (non-hydrogen) atoms. The number of piperazine rings is 1. The standard InChI is InChI=1S/C19H24N4O2S/c1-13(17-15-4-12-26-16(15)3-11-25-17)19(24)23-9-7-22(8-10-23)18-14(2)20-5-6-21-18/h4-6,12-13,17H,3,7-11H2,1-2H3. The second kappa shape index (κ2) is 7.32. The molecule has 6 nitrogen and oxygen atoms in total. The van der Waals surface area contributed by atoms with E-state index in [4.69, 9.17) is 4.74 Å². The Morgan fingerprint density at radius 3 is 2.81 bits per heavy atom. The number of aryl methyl sites for hydroxylation is 1. The first-order valence-corrected chi connectivity index (χ1v) is 10.0. The molecule has 0 bridgehead atoms. The summed E-state index contributed by atoms with van der Waals surface area (Å²) in [6.07, 6.45) is 4.28. The van der Waals surface area contributed by atoms with E-state index in [-0.39, 0.29) is 17.9 Å². The van der Waals surface area contributed by atoms with Crippen LogP contribution in [-0.4, -0.2) is 53.6 Å². The molecule has 2 aromatic rings. The van der Waals surface area contributed by atoms with Crippen molar-refractivity contribution in [2.24, 2.45) is 5.92 Å². The van der Waals surface area contributed by atoms with Gasteiger partial charge in [0.05, 0.1) is 24.3 Å². The summed E-state index contributed by atoms with van der Waals surface area (Å²) in [7, 11) is 0. The molecule has 2 aliphatic rings. The van der Waals surface area contributed by atoms with Crippen molar-refractivity contribution in [1.82, 2.24) is 14.9 Å². The van der Waals surface area contributed by atoms with Gasteiger partial charge in [0, 0.05) is 49.9 Å². The highest BCUT2D eigenvalue weighted by Crippen LogP contribution is 2.36. The van der Waals surface area contributed by atoms with E-state index >= 15 is 0 Å². The van der Waals surface area contributed by atoms with Crippen LogP contribution < -0.4 is 4.90 Å². The van der Waals surface area contributed by atoms with E-state index in [1.54, 1.807) is 23.7 Å². The number of anilines is 1. The summed E-state index contributed by atoms with van der Waals surface area (Å²) >= 11 is 1.77. The molecule has 0 spiro atoms. The molecule has 0 radical (unpaired) electrons. The van der Waals surface area contributed by atoms with E-state index in [0.717, 1.165) is 31.0 Å². The monoisotopic (exact) mass is 372 g/mol. The summed E-state index contributed by atoms with van der Waals surface area (Å²) in [5.74, 6) is 0.948. The molecule has 4 rings (SSSR count). The number of nitrogens with zero attached hydrogens (tertiary/aromatic N) is 4. The van der Waals surface area contributed by atoms with Gasteiger partial charge in [-0.15, -0.1) is 11.3 Å². The summed E-state index contributed by atoms with van der Waals surface area (Å²) in [6.45, 7) is 7.67. The maximum Gasteiger partial charge on any atom is 0.228 e. The van der Waals surface area contributed by atoms with Crippen LogP contribution in [0.2, 0.25) is 0 Å². The summed E-state index contributed by atoms with van der Waals surface area (Å²) in [4.78, 5) is 27.3. The lowest BCUT2D eigenvalue weighted by Gasteiger charge is -2.38. The average molecular weight is 372 g/mol. The molecule has 0 aromatic carbocycles. The third-order valence-electron chi connectivity index (χ3n) is 5.30. The van der Waals surface area contributed by atoms with Crippen LogP contribution in [0.25, 0.3) is 0 Å². The van der Waals surface area contributed by atoms with Gasteiger partial charge in [0.2, 0.25) is 5.91 Å². The largest absolute Gasteiger partial charge is 0.372 e. The molecular weight excluding hydrogens is 348 g/mol. The molecule has 0 N–H and O–H groups in total. The normalized spacial score (nSPS) is 21.4. The molecular formula is C19H24N4O2S. The third kappa shape index (κ3) is 3.21. The van der Waals surface area contributed by atoms with Crippen LogP contribution in [-0.2, 0) is 16.0 Å². The van der Waals surface area contributed by atoms with Gasteiger partial charge in [-0.3, -0.25) is 9.78 Å². The van der Waals surface area contributed by atoms with Crippen LogP contribution in [0, 0.1) is 12.8 Å². The minimum atomic E-state index is -0.159. The Hall–Kier alpha value is -1.99. The maximum absolute atomic E-state index is 13.0. The SMILES string of the molecule is Cc1nccnc1N1CCN(C(=O)C(C)C2OCCc3sccc32)CC1. The van der Waals surface area contributed by atoms with Crippen LogP contribution in [0.1, 0.15) is 29.2 Å². The zero-order valence-electron chi connectivity index (χ0n) is 15.2. The van der Waals surface area contributed by atoms with Gasteiger partial charge in [0.25, 0.3) is 0 Å². The molecule has 2 atom stereocenters. The Kier molecular flexibility index (Phi) is 4.91. The highest BCUT2D eigenvalue weighted by Gasteiger charge is 2.34. The number of thiophene rings is 1. The Morgan fingerprint density at radius 2 is 2.04 bits per heavy atom. The highest BCUT2D eigenvalue weighted by molar-refractivity contribution is 7.10. The fourth-order valence-corrected chi connectivity index (χ4v) is 4.76. The van der Waals surface area contributed by atoms with Gasteiger partial charge < -0.3 is 14.5 Å². The molecule has 2 unspecified atom stereocenters. The number of fused-ring (bicyclic) bond motifs is 1. The lowest BCUT2D eigenvalue weighted by atomic mass is 9.94.